The maximum atomic E-state index is 12.0. The molecule has 104 valence electrons. The summed E-state index contributed by atoms with van der Waals surface area (Å²) >= 11 is 3.45. The Morgan fingerprint density at radius 3 is 2.65 bits per heavy atom. The van der Waals surface area contributed by atoms with Crippen molar-refractivity contribution in [2.24, 2.45) is 0 Å². The Kier molecular flexibility index (Phi) is 4.96. The number of amides is 1. The number of aryl methyl sites for hydroxylation is 3. The minimum atomic E-state index is 0.0413. The molecule has 0 heterocycles. The fourth-order valence-corrected chi connectivity index (χ4v) is 2.43. The highest BCUT2D eigenvalue weighted by Crippen LogP contribution is 2.23. The van der Waals surface area contributed by atoms with Crippen molar-refractivity contribution in [1.82, 2.24) is 0 Å². The Balaban J connectivity index is 1.96. The van der Waals surface area contributed by atoms with E-state index in [0.717, 1.165) is 22.1 Å². The SMILES string of the molecule is Cc1ccc(Br)c(NC(=O)CCc2ccccc2C)c1. The van der Waals surface area contributed by atoms with Gasteiger partial charge in [0.15, 0.2) is 0 Å². The summed E-state index contributed by atoms with van der Waals surface area (Å²) in [6, 6.07) is 14.1. The molecule has 0 fully saturated rings. The molecule has 0 aliphatic heterocycles. The summed E-state index contributed by atoms with van der Waals surface area (Å²) in [5, 5.41) is 2.95. The molecule has 0 aliphatic carbocycles. The van der Waals surface area contributed by atoms with Gasteiger partial charge in [-0.15, -0.1) is 0 Å². The van der Waals surface area contributed by atoms with Crippen molar-refractivity contribution < 1.29 is 4.79 Å². The third kappa shape index (κ3) is 3.94. The van der Waals surface area contributed by atoms with Crippen LogP contribution in [0.2, 0.25) is 0 Å². The fourth-order valence-electron chi connectivity index (χ4n) is 2.09. The minimum absolute atomic E-state index is 0.0413. The lowest BCUT2D eigenvalue weighted by atomic mass is 10.0. The fraction of sp³-hybridized carbons (Fsp3) is 0.235. The lowest BCUT2D eigenvalue weighted by Gasteiger charge is -2.09. The van der Waals surface area contributed by atoms with E-state index < -0.39 is 0 Å². The van der Waals surface area contributed by atoms with Crippen LogP contribution in [0.1, 0.15) is 23.1 Å². The van der Waals surface area contributed by atoms with Crippen molar-refractivity contribution in [3.63, 3.8) is 0 Å². The Morgan fingerprint density at radius 1 is 1.15 bits per heavy atom. The Labute approximate surface area is 128 Å². The predicted octanol–water partition coefficient (Wildman–Crippen LogP) is 4.64. The number of hydrogen-bond donors (Lipinski definition) is 1. The average molecular weight is 332 g/mol. The second-order valence-electron chi connectivity index (χ2n) is 4.96. The monoisotopic (exact) mass is 331 g/mol. The van der Waals surface area contributed by atoms with Crippen molar-refractivity contribution in [1.29, 1.82) is 0 Å². The molecule has 2 nitrogen and oxygen atoms in total. The van der Waals surface area contributed by atoms with Gasteiger partial charge in [-0.05, 0) is 65.0 Å². The third-order valence-electron chi connectivity index (χ3n) is 3.28. The lowest BCUT2D eigenvalue weighted by molar-refractivity contribution is -0.116. The summed E-state index contributed by atoms with van der Waals surface area (Å²) in [6.45, 7) is 4.08. The molecule has 0 saturated heterocycles. The first kappa shape index (κ1) is 14.8. The first-order valence-corrected chi connectivity index (χ1v) is 7.46. The number of benzene rings is 2. The molecule has 2 aromatic rings. The van der Waals surface area contributed by atoms with E-state index in [0.29, 0.717) is 6.42 Å². The van der Waals surface area contributed by atoms with E-state index >= 15 is 0 Å². The molecule has 0 aliphatic rings. The average Bonchev–Trinajstić information content (AvgIpc) is 2.42. The first-order chi connectivity index (χ1) is 9.56. The van der Waals surface area contributed by atoms with Crippen molar-refractivity contribution >= 4 is 27.5 Å². The summed E-state index contributed by atoms with van der Waals surface area (Å²) in [4.78, 5) is 12.0. The van der Waals surface area contributed by atoms with Gasteiger partial charge in [0.25, 0.3) is 0 Å². The molecule has 0 aromatic heterocycles. The van der Waals surface area contributed by atoms with Crippen LogP contribution in [0.4, 0.5) is 5.69 Å². The van der Waals surface area contributed by atoms with Gasteiger partial charge in [-0.3, -0.25) is 4.79 Å². The number of carbonyl (C=O) groups is 1. The van der Waals surface area contributed by atoms with Crippen LogP contribution in [-0.2, 0) is 11.2 Å². The number of hydrogen-bond acceptors (Lipinski definition) is 1. The van der Waals surface area contributed by atoms with E-state index in [1.807, 2.05) is 37.3 Å². The Hall–Kier alpha value is -1.61. The minimum Gasteiger partial charge on any atom is -0.325 e. The number of halogens is 1. The Bertz CT molecular complexity index is 622. The molecule has 20 heavy (non-hydrogen) atoms. The highest BCUT2D eigenvalue weighted by molar-refractivity contribution is 9.10. The normalized spacial score (nSPS) is 10.3. The highest BCUT2D eigenvalue weighted by atomic mass is 79.9. The molecule has 2 aromatic carbocycles. The van der Waals surface area contributed by atoms with Crippen molar-refractivity contribution in [2.45, 2.75) is 26.7 Å². The van der Waals surface area contributed by atoms with Gasteiger partial charge in [0.05, 0.1) is 5.69 Å². The van der Waals surface area contributed by atoms with Crippen LogP contribution < -0.4 is 5.32 Å². The summed E-state index contributed by atoms with van der Waals surface area (Å²) < 4.78 is 0.910. The van der Waals surface area contributed by atoms with Gasteiger partial charge in [0.2, 0.25) is 5.91 Å². The molecule has 0 bridgehead atoms. The molecule has 0 unspecified atom stereocenters. The quantitative estimate of drug-likeness (QED) is 0.868. The number of carbonyl (C=O) groups excluding carboxylic acids is 1. The van der Waals surface area contributed by atoms with E-state index in [9.17, 15) is 4.79 Å². The van der Waals surface area contributed by atoms with Crippen LogP contribution >= 0.6 is 15.9 Å². The standard InChI is InChI=1S/C17H18BrNO/c1-12-7-9-15(18)16(11-12)19-17(20)10-8-14-6-4-3-5-13(14)2/h3-7,9,11H,8,10H2,1-2H3,(H,19,20). The van der Waals surface area contributed by atoms with Crippen LogP contribution in [0.5, 0.6) is 0 Å². The zero-order valence-corrected chi connectivity index (χ0v) is 13.3. The van der Waals surface area contributed by atoms with Gasteiger partial charge in [0.1, 0.15) is 0 Å². The molecular weight excluding hydrogens is 314 g/mol. The van der Waals surface area contributed by atoms with Gasteiger partial charge >= 0.3 is 0 Å². The maximum absolute atomic E-state index is 12.0. The summed E-state index contributed by atoms with van der Waals surface area (Å²) in [5.41, 5.74) is 4.42. The van der Waals surface area contributed by atoms with E-state index in [2.05, 4.69) is 40.3 Å². The zero-order valence-electron chi connectivity index (χ0n) is 11.7. The predicted molar refractivity (Wildman–Crippen MR) is 87.0 cm³/mol. The first-order valence-electron chi connectivity index (χ1n) is 6.67. The van der Waals surface area contributed by atoms with Crippen molar-refractivity contribution in [3.05, 3.63) is 63.6 Å². The van der Waals surface area contributed by atoms with Gasteiger partial charge in [-0.25, -0.2) is 0 Å². The zero-order chi connectivity index (χ0) is 14.5. The van der Waals surface area contributed by atoms with Gasteiger partial charge in [-0.1, -0.05) is 30.3 Å². The van der Waals surface area contributed by atoms with Crippen molar-refractivity contribution in [3.8, 4) is 0 Å². The molecule has 0 saturated carbocycles. The second kappa shape index (κ2) is 6.71. The second-order valence-corrected chi connectivity index (χ2v) is 5.81. The largest absolute Gasteiger partial charge is 0.325 e. The summed E-state index contributed by atoms with van der Waals surface area (Å²) in [6.07, 6.45) is 1.26. The third-order valence-corrected chi connectivity index (χ3v) is 3.97. The molecule has 1 N–H and O–H groups in total. The summed E-state index contributed by atoms with van der Waals surface area (Å²) in [5.74, 6) is 0.0413. The van der Waals surface area contributed by atoms with Crippen LogP contribution in [-0.4, -0.2) is 5.91 Å². The number of rotatable bonds is 4. The summed E-state index contributed by atoms with van der Waals surface area (Å²) in [7, 11) is 0. The van der Waals surface area contributed by atoms with Gasteiger partial charge in [0, 0.05) is 10.9 Å². The molecular formula is C17H18BrNO. The van der Waals surface area contributed by atoms with E-state index in [-0.39, 0.29) is 5.91 Å². The number of nitrogens with one attached hydrogen (secondary N) is 1. The van der Waals surface area contributed by atoms with Crippen LogP contribution in [0.3, 0.4) is 0 Å². The van der Waals surface area contributed by atoms with Crippen LogP contribution in [0, 0.1) is 13.8 Å². The smallest absolute Gasteiger partial charge is 0.224 e. The molecule has 2 rings (SSSR count). The molecule has 0 spiro atoms. The lowest BCUT2D eigenvalue weighted by Crippen LogP contribution is -2.13. The van der Waals surface area contributed by atoms with Crippen LogP contribution in [0.25, 0.3) is 0 Å². The van der Waals surface area contributed by atoms with Gasteiger partial charge in [-0.2, -0.15) is 0 Å². The maximum Gasteiger partial charge on any atom is 0.224 e. The van der Waals surface area contributed by atoms with Crippen molar-refractivity contribution in [2.75, 3.05) is 5.32 Å². The van der Waals surface area contributed by atoms with Gasteiger partial charge < -0.3 is 5.32 Å². The van der Waals surface area contributed by atoms with E-state index in [1.165, 1.54) is 11.1 Å². The molecule has 1 amide bonds. The topological polar surface area (TPSA) is 29.1 Å². The molecule has 0 radical (unpaired) electrons. The van der Waals surface area contributed by atoms with E-state index in [1.54, 1.807) is 0 Å². The van der Waals surface area contributed by atoms with Crippen LogP contribution in [0.15, 0.2) is 46.9 Å². The molecule has 3 heteroatoms. The highest BCUT2D eigenvalue weighted by Gasteiger charge is 2.07. The molecule has 0 atom stereocenters. The number of anilines is 1. The van der Waals surface area contributed by atoms with E-state index in [4.69, 9.17) is 0 Å². The Morgan fingerprint density at radius 2 is 1.90 bits per heavy atom.